The van der Waals surface area contributed by atoms with Gasteiger partial charge in [0.2, 0.25) is 0 Å². The number of carboxylic acid groups (broad SMARTS) is 1. The summed E-state index contributed by atoms with van der Waals surface area (Å²) >= 11 is 0. The highest BCUT2D eigenvalue weighted by atomic mass is 16.4. The molecule has 5 N–H and O–H groups in total. The number of carbonyl (C=O) groups excluding carboxylic acids is 1. The third-order valence-corrected chi connectivity index (χ3v) is 4.11. The van der Waals surface area contributed by atoms with Gasteiger partial charge in [0.1, 0.15) is 17.5 Å². The fourth-order valence-electron chi connectivity index (χ4n) is 2.62. The van der Waals surface area contributed by atoms with Crippen molar-refractivity contribution in [2.45, 2.75) is 32.6 Å². The first-order valence-corrected chi connectivity index (χ1v) is 9.00. The van der Waals surface area contributed by atoms with E-state index in [-0.39, 0.29) is 12.5 Å². The summed E-state index contributed by atoms with van der Waals surface area (Å²) in [6, 6.07) is 9.42. The number of hydrogen-bond donors (Lipinski definition) is 4. The number of rotatable bonds is 9. The van der Waals surface area contributed by atoms with E-state index in [1.165, 1.54) is 0 Å². The normalized spacial score (nSPS) is 10.3. The van der Waals surface area contributed by atoms with Gasteiger partial charge in [0.25, 0.3) is 0 Å². The number of aliphatic carboxylic acids is 1. The Hall–Kier alpha value is -3.54. The Balaban J connectivity index is 1.86. The zero-order chi connectivity index (χ0) is 20.5. The Labute approximate surface area is 163 Å². The van der Waals surface area contributed by atoms with Crippen molar-refractivity contribution >= 4 is 17.8 Å². The van der Waals surface area contributed by atoms with Gasteiger partial charge in [-0.15, -0.1) is 0 Å². The minimum absolute atomic E-state index is 0.0162. The van der Waals surface area contributed by atoms with Crippen LogP contribution in [-0.4, -0.2) is 40.0 Å². The van der Waals surface area contributed by atoms with E-state index in [9.17, 15) is 14.9 Å². The van der Waals surface area contributed by atoms with Gasteiger partial charge in [0.15, 0.2) is 0 Å². The molecule has 0 spiro atoms. The Morgan fingerprint density at radius 1 is 1.21 bits per heavy atom. The summed E-state index contributed by atoms with van der Waals surface area (Å²) in [4.78, 5) is 22.0. The highest BCUT2D eigenvalue weighted by Gasteiger charge is 2.16. The molecule has 9 nitrogen and oxygen atoms in total. The summed E-state index contributed by atoms with van der Waals surface area (Å²) in [7, 11) is 0. The van der Waals surface area contributed by atoms with Crippen LogP contribution in [0.15, 0.2) is 24.3 Å². The van der Waals surface area contributed by atoms with E-state index in [1.807, 2.05) is 31.2 Å². The van der Waals surface area contributed by atoms with Crippen LogP contribution >= 0.6 is 0 Å². The molecule has 0 radical (unpaired) electrons. The standard InChI is InChI=1S/C19H24N6O3/c1-13-6-8-14(9-7-13)25-18(21)15(12-20)16(24-25)4-2-10-22-19(28)23-11-3-5-17(26)27/h6-9H,2-5,10-11,21H2,1H3,(H,26,27)(H2,22,23,28). The van der Waals surface area contributed by atoms with E-state index >= 15 is 0 Å². The van der Waals surface area contributed by atoms with Crippen molar-refractivity contribution in [3.8, 4) is 11.8 Å². The summed E-state index contributed by atoms with van der Waals surface area (Å²) < 4.78 is 1.55. The molecular formula is C19H24N6O3. The average molecular weight is 384 g/mol. The van der Waals surface area contributed by atoms with Gasteiger partial charge in [0, 0.05) is 19.5 Å². The lowest BCUT2D eigenvalue weighted by Crippen LogP contribution is -2.36. The second-order valence-electron chi connectivity index (χ2n) is 6.35. The largest absolute Gasteiger partial charge is 0.481 e. The number of aryl methyl sites for hydroxylation is 2. The van der Waals surface area contributed by atoms with E-state index in [4.69, 9.17) is 10.8 Å². The molecule has 1 heterocycles. The molecule has 0 saturated carbocycles. The molecule has 0 atom stereocenters. The van der Waals surface area contributed by atoms with Crippen molar-refractivity contribution < 1.29 is 14.7 Å². The van der Waals surface area contributed by atoms with E-state index in [2.05, 4.69) is 21.8 Å². The third-order valence-electron chi connectivity index (χ3n) is 4.11. The van der Waals surface area contributed by atoms with Crippen molar-refractivity contribution in [3.63, 3.8) is 0 Å². The Kier molecular flexibility index (Phi) is 7.39. The summed E-state index contributed by atoms with van der Waals surface area (Å²) in [5.41, 5.74) is 8.91. The van der Waals surface area contributed by atoms with Crippen molar-refractivity contribution in [2.24, 2.45) is 0 Å². The SMILES string of the molecule is Cc1ccc(-n2nc(CCCNC(=O)NCCCC(=O)O)c(C#N)c2N)cc1. The number of nitrogens with two attached hydrogens (primary N) is 1. The molecule has 0 aliphatic carbocycles. The molecule has 9 heteroatoms. The molecule has 2 rings (SSSR count). The minimum atomic E-state index is -0.889. The second kappa shape index (κ2) is 9.97. The third kappa shape index (κ3) is 5.74. The van der Waals surface area contributed by atoms with Crippen molar-refractivity contribution in [2.75, 3.05) is 18.8 Å². The summed E-state index contributed by atoms with van der Waals surface area (Å²) in [6.07, 6.45) is 1.47. The molecule has 0 fully saturated rings. The molecule has 2 aromatic rings. The number of nitrogen functional groups attached to an aromatic ring is 1. The van der Waals surface area contributed by atoms with Gasteiger partial charge in [-0.2, -0.15) is 10.4 Å². The van der Waals surface area contributed by atoms with Gasteiger partial charge in [-0.05, 0) is 38.3 Å². The van der Waals surface area contributed by atoms with Gasteiger partial charge in [-0.3, -0.25) is 4.79 Å². The number of carbonyl (C=O) groups is 2. The number of hydrogen-bond acceptors (Lipinski definition) is 5. The highest BCUT2D eigenvalue weighted by Crippen LogP contribution is 2.21. The zero-order valence-electron chi connectivity index (χ0n) is 15.7. The van der Waals surface area contributed by atoms with E-state index < -0.39 is 5.97 Å². The number of aromatic nitrogens is 2. The smallest absolute Gasteiger partial charge is 0.314 e. The number of anilines is 1. The predicted octanol–water partition coefficient (Wildman–Crippen LogP) is 1.73. The van der Waals surface area contributed by atoms with Crippen LogP contribution in [0.1, 0.15) is 36.1 Å². The van der Waals surface area contributed by atoms with E-state index in [0.717, 1.165) is 11.3 Å². The molecule has 1 aromatic carbocycles. The summed E-state index contributed by atoms with van der Waals surface area (Å²) in [5.74, 6) is -0.592. The average Bonchev–Trinajstić information content (AvgIpc) is 2.98. The number of nitriles is 1. The van der Waals surface area contributed by atoms with Gasteiger partial charge < -0.3 is 21.5 Å². The highest BCUT2D eigenvalue weighted by molar-refractivity contribution is 5.73. The number of nitrogens with zero attached hydrogens (tertiary/aromatic N) is 3. The van der Waals surface area contributed by atoms with Crippen LogP contribution in [0.5, 0.6) is 0 Å². The van der Waals surface area contributed by atoms with Crippen LogP contribution in [0.2, 0.25) is 0 Å². The fraction of sp³-hybridized carbons (Fsp3) is 0.368. The predicted molar refractivity (Wildman–Crippen MR) is 104 cm³/mol. The zero-order valence-corrected chi connectivity index (χ0v) is 15.7. The van der Waals surface area contributed by atoms with Gasteiger partial charge >= 0.3 is 12.0 Å². The first-order chi connectivity index (χ1) is 13.4. The molecule has 0 unspecified atom stereocenters. The lowest BCUT2D eigenvalue weighted by Gasteiger charge is -2.06. The first-order valence-electron chi connectivity index (χ1n) is 9.00. The van der Waals surface area contributed by atoms with Crippen LogP contribution in [0.3, 0.4) is 0 Å². The maximum atomic E-state index is 11.6. The minimum Gasteiger partial charge on any atom is -0.481 e. The first kappa shape index (κ1) is 20.8. The van der Waals surface area contributed by atoms with E-state index in [0.29, 0.717) is 49.4 Å². The van der Waals surface area contributed by atoms with Crippen molar-refractivity contribution in [1.82, 2.24) is 20.4 Å². The van der Waals surface area contributed by atoms with E-state index in [1.54, 1.807) is 4.68 Å². The number of nitrogens with one attached hydrogen (secondary N) is 2. The Morgan fingerprint density at radius 2 is 1.86 bits per heavy atom. The van der Waals surface area contributed by atoms with Crippen LogP contribution < -0.4 is 16.4 Å². The quantitative estimate of drug-likeness (QED) is 0.484. The number of urea groups is 1. The summed E-state index contributed by atoms with van der Waals surface area (Å²) in [5, 5.41) is 27.7. The maximum Gasteiger partial charge on any atom is 0.314 e. The Bertz CT molecular complexity index is 867. The fourth-order valence-corrected chi connectivity index (χ4v) is 2.62. The molecular weight excluding hydrogens is 360 g/mol. The molecule has 0 aliphatic rings. The van der Waals surface area contributed by atoms with Crippen LogP contribution in [0.4, 0.5) is 10.6 Å². The van der Waals surface area contributed by atoms with Crippen LogP contribution in [0, 0.1) is 18.3 Å². The second-order valence-corrected chi connectivity index (χ2v) is 6.35. The Morgan fingerprint density at radius 3 is 2.46 bits per heavy atom. The van der Waals surface area contributed by atoms with Crippen molar-refractivity contribution in [3.05, 3.63) is 41.1 Å². The molecule has 0 aliphatic heterocycles. The molecule has 148 valence electrons. The molecule has 1 aromatic heterocycles. The maximum absolute atomic E-state index is 11.6. The van der Waals surface area contributed by atoms with Gasteiger partial charge in [-0.1, -0.05) is 17.7 Å². The number of amides is 2. The van der Waals surface area contributed by atoms with Gasteiger partial charge in [0.05, 0.1) is 11.4 Å². The molecule has 2 amide bonds. The van der Waals surface area contributed by atoms with Gasteiger partial charge in [-0.25, -0.2) is 9.48 Å². The topological polar surface area (TPSA) is 146 Å². The van der Waals surface area contributed by atoms with Crippen LogP contribution in [0.25, 0.3) is 5.69 Å². The molecule has 0 saturated heterocycles. The lowest BCUT2D eigenvalue weighted by molar-refractivity contribution is -0.137. The monoisotopic (exact) mass is 384 g/mol. The van der Waals surface area contributed by atoms with Crippen LogP contribution in [-0.2, 0) is 11.2 Å². The lowest BCUT2D eigenvalue weighted by atomic mass is 10.1. The number of carboxylic acids is 1. The van der Waals surface area contributed by atoms with Crippen molar-refractivity contribution in [1.29, 1.82) is 5.26 Å². The number of benzene rings is 1. The molecule has 28 heavy (non-hydrogen) atoms. The molecule has 0 bridgehead atoms. The summed E-state index contributed by atoms with van der Waals surface area (Å²) in [6.45, 7) is 2.68.